The number of fused-ring (bicyclic) bond motifs is 1. The number of halogens is 3. The van der Waals surface area contributed by atoms with Crippen LogP contribution in [0.25, 0.3) is 11.0 Å². The molecule has 5 nitrogen and oxygen atoms in total. The Hall–Kier alpha value is -1.64. The van der Waals surface area contributed by atoms with E-state index >= 15 is 0 Å². The summed E-state index contributed by atoms with van der Waals surface area (Å²) in [6, 6.07) is 1.67. The highest BCUT2D eigenvalue weighted by atomic mass is 19.1. The molecule has 0 unspecified atom stereocenters. The first kappa shape index (κ1) is 13.3. The molecular formula is C12H11F3N2O3. The lowest BCUT2D eigenvalue weighted by Gasteiger charge is -2.15. The number of aliphatic hydroxyl groups is 2. The van der Waals surface area contributed by atoms with Crippen molar-refractivity contribution >= 4 is 11.0 Å². The van der Waals surface area contributed by atoms with E-state index in [4.69, 9.17) is 9.84 Å². The first-order chi connectivity index (χ1) is 9.52. The summed E-state index contributed by atoms with van der Waals surface area (Å²) in [6.07, 6.45) is -4.69. The average molecular weight is 288 g/mol. The molecular weight excluding hydrogens is 277 g/mol. The Labute approximate surface area is 111 Å². The van der Waals surface area contributed by atoms with E-state index < -0.39 is 42.8 Å². The summed E-state index contributed by atoms with van der Waals surface area (Å²) in [5, 5.41) is 18.5. The van der Waals surface area contributed by atoms with Gasteiger partial charge < -0.3 is 14.9 Å². The number of benzene rings is 1. The Morgan fingerprint density at radius 3 is 2.75 bits per heavy atom. The number of aliphatic hydroxyl groups excluding tert-OH is 2. The van der Waals surface area contributed by atoms with E-state index in [-0.39, 0.29) is 11.0 Å². The smallest absolute Gasteiger partial charge is 0.173 e. The molecule has 1 aromatic carbocycles. The van der Waals surface area contributed by atoms with Crippen LogP contribution in [0, 0.1) is 11.6 Å². The topological polar surface area (TPSA) is 67.5 Å². The number of rotatable bonds is 2. The van der Waals surface area contributed by atoms with Crippen LogP contribution in [0.4, 0.5) is 13.2 Å². The van der Waals surface area contributed by atoms with Crippen molar-refractivity contribution in [2.24, 2.45) is 0 Å². The molecule has 1 aliphatic heterocycles. The molecule has 0 bridgehead atoms. The maximum absolute atomic E-state index is 14.0. The Morgan fingerprint density at radius 2 is 2.10 bits per heavy atom. The van der Waals surface area contributed by atoms with Crippen molar-refractivity contribution in [2.45, 2.75) is 24.6 Å². The SMILES string of the molecule is OC[C@H]1O[C@@H](n2cnc3cc(F)cc(F)c32)[C@@H](F)[C@@H]1O. The number of ether oxygens (including phenoxy) is 1. The molecule has 3 rings (SSSR count). The molecule has 1 saturated heterocycles. The number of nitrogens with zero attached hydrogens (tertiary/aromatic N) is 2. The van der Waals surface area contributed by atoms with Gasteiger partial charge in [-0.05, 0) is 0 Å². The van der Waals surface area contributed by atoms with Gasteiger partial charge in [-0.15, -0.1) is 0 Å². The number of hydrogen-bond acceptors (Lipinski definition) is 4. The summed E-state index contributed by atoms with van der Waals surface area (Å²) in [4.78, 5) is 3.79. The second-order valence-electron chi connectivity index (χ2n) is 4.59. The maximum atomic E-state index is 14.0. The molecule has 4 atom stereocenters. The summed E-state index contributed by atoms with van der Waals surface area (Å²) in [7, 11) is 0. The first-order valence-electron chi connectivity index (χ1n) is 5.93. The van der Waals surface area contributed by atoms with E-state index in [9.17, 15) is 18.3 Å². The molecule has 2 N–H and O–H groups in total. The van der Waals surface area contributed by atoms with E-state index in [2.05, 4.69) is 4.98 Å². The number of imidazole rings is 1. The third kappa shape index (κ3) is 1.88. The summed E-state index contributed by atoms with van der Waals surface area (Å²) < 4.78 is 47.1. The monoisotopic (exact) mass is 288 g/mol. The molecule has 0 amide bonds. The zero-order valence-corrected chi connectivity index (χ0v) is 10.1. The van der Waals surface area contributed by atoms with Gasteiger partial charge in [-0.2, -0.15) is 0 Å². The largest absolute Gasteiger partial charge is 0.394 e. The van der Waals surface area contributed by atoms with Crippen LogP contribution < -0.4 is 0 Å². The third-order valence-corrected chi connectivity index (χ3v) is 3.34. The Bertz CT molecular complexity index is 648. The van der Waals surface area contributed by atoms with Crippen molar-refractivity contribution in [1.82, 2.24) is 9.55 Å². The van der Waals surface area contributed by atoms with E-state index in [1.807, 2.05) is 0 Å². The Kier molecular flexibility index (Phi) is 3.15. The highest BCUT2D eigenvalue weighted by Crippen LogP contribution is 2.34. The van der Waals surface area contributed by atoms with Gasteiger partial charge in [0.25, 0.3) is 0 Å². The fourth-order valence-electron chi connectivity index (χ4n) is 2.36. The summed E-state index contributed by atoms with van der Waals surface area (Å²) >= 11 is 0. The fraction of sp³-hybridized carbons (Fsp3) is 0.417. The van der Waals surface area contributed by atoms with Gasteiger partial charge >= 0.3 is 0 Å². The van der Waals surface area contributed by atoms with Crippen molar-refractivity contribution < 1.29 is 28.1 Å². The highest BCUT2D eigenvalue weighted by Gasteiger charge is 2.45. The quantitative estimate of drug-likeness (QED) is 0.861. The zero-order valence-electron chi connectivity index (χ0n) is 10.1. The molecule has 1 fully saturated rings. The second-order valence-corrected chi connectivity index (χ2v) is 4.59. The molecule has 0 aliphatic carbocycles. The summed E-state index contributed by atoms with van der Waals surface area (Å²) in [5.41, 5.74) is -0.106. The molecule has 0 radical (unpaired) electrons. The summed E-state index contributed by atoms with van der Waals surface area (Å²) in [6.45, 7) is -0.568. The van der Waals surface area contributed by atoms with E-state index in [0.717, 1.165) is 17.0 Å². The molecule has 0 saturated carbocycles. The lowest BCUT2D eigenvalue weighted by Crippen LogP contribution is -2.30. The number of hydrogen-bond donors (Lipinski definition) is 2. The van der Waals surface area contributed by atoms with E-state index in [0.29, 0.717) is 6.07 Å². The molecule has 0 spiro atoms. The highest BCUT2D eigenvalue weighted by molar-refractivity contribution is 5.76. The van der Waals surface area contributed by atoms with Crippen LogP contribution in [-0.4, -0.2) is 44.8 Å². The lowest BCUT2D eigenvalue weighted by atomic mass is 10.1. The van der Waals surface area contributed by atoms with E-state index in [1.165, 1.54) is 0 Å². The number of alkyl halides is 1. The lowest BCUT2D eigenvalue weighted by molar-refractivity contribution is -0.0459. The fourth-order valence-corrected chi connectivity index (χ4v) is 2.36. The minimum atomic E-state index is -1.85. The van der Waals surface area contributed by atoms with Gasteiger partial charge in [0.2, 0.25) is 0 Å². The van der Waals surface area contributed by atoms with Crippen molar-refractivity contribution in [3.8, 4) is 0 Å². The zero-order chi connectivity index (χ0) is 14.4. The second kappa shape index (κ2) is 4.72. The molecule has 8 heteroatoms. The molecule has 2 aromatic rings. The maximum Gasteiger partial charge on any atom is 0.173 e. The van der Waals surface area contributed by atoms with Gasteiger partial charge in [0, 0.05) is 12.1 Å². The van der Waals surface area contributed by atoms with Crippen LogP contribution in [-0.2, 0) is 4.74 Å². The molecule has 1 aromatic heterocycles. The van der Waals surface area contributed by atoms with Gasteiger partial charge in [0.1, 0.15) is 23.5 Å². The van der Waals surface area contributed by atoms with Crippen LogP contribution in [0.1, 0.15) is 6.23 Å². The average Bonchev–Trinajstić information content (AvgIpc) is 2.93. The molecule has 2 heterocycles. The van der Waals surface area contributed by atoms with Crippen LogP contribution in [0.3, 0.4) is 0 Å². The van der Waals surface area contributed by atoms with Gasteiger partial charge in [0.15, 0.2) is 18.2 Å². The van der Waals surface area contributed by atoms with Gasteiger partial charge in [-0.1, -0.05) is 0 Å². The van der Waals surface area contributed by atoms with Gasteiger partial charge in [-0.3, -0.25) is 4.57 Å². The van der Waals surface area contributed by atoms with Crippen LogP contribution in [0.15, 0.2) is 18.5 Å². The van der Waals surface area contributed by atoms with Crippen LogP contribution >= 0.6 is 0 Å². The first-order valence-corrected chi connectivity index (χ1v) is 5.93. The van der Waals surface area contributed by atoms with Crippen LogP contribution in [0.2, 0.25) is 0 Å². The van der Waals surface area contributed by atoms with Crippen molar-refractivity contribution in [3.63, 3.8) is 0 Å². The molecule has 108 valence electrons. The minimum Gasteiger partial charge on any atom is -0.394 e. The van der Waals surface area contributed by atoms with Crippen LogP contribution in [0.5, 0.6) is 0 Å². The Morgan fingerprint density at radius 1 is 1.35 bits per heavy atom. The standard InChI is InChI=1S/C12H11F3N2O3/c13-5-1-6(14)10-7(2-5)16-4-17(10)12-9(15)11(19)8(3-18)20-12/h1-2,4,8-9,11-12,18-19H,3H2/t8-,9+,11-,12-/m1/s1. The number of aromatic nitrogens is 2. The van der Waals surface area contributed by atoms with Crippen molar-refractivity contribution in [1.29, 1.82) is 0 Å². The van der Waals surface area contributed by atoms with E-state index in [1.54, 1.807) is 0 Å². The van der Waals surface area contributed by atoms with Crippen molar-refractivity contribution in [2.75, 3.05) is 6.61 Å². The van der Waals surface area contributed by atoms with Gasteiger partial charge in [0.05, 0.1) is 18.5 Å². The molecule has 20 heavy (non-hydrogen) atoms. The third-order valence-electron chi connectivity index (χ3n) is 3.34. The predicted octanol–water partition coefficient (Wildman–Crippen LogP) is 0.903. The minimum absolute atomic E-state index is 0.0141. The molecule has 1 aliphatic rings. The van der Waals surface area contributed by atoms with Crippen molar-refractivity contribution in [3.05, 3.63) is 30.1 Å². The van der Waals surface area contributed by atoms with Gasteiger partial charge in [-0.25, -0.2) is 18.2 Å². The summed E-state index contributed by atoms with van der Waals surface area (Å²) in [5.74, 6) is -1.70. The normalized spacial score (nSPS) is 30.2. The predicted molar refractivity (Wildman–Crippen MR) is 61.5 cm³/mol. The Balaban J connectivity index is 2.07.